The van der Waals surface area contributed by atoms with E-state index in [1.165, 1.54) is 11.3 Å². The molecule has 0 fully saturated rings. The molecule has 0 unspecified atom stereocenters. The lowest BCUT2D eigenvalue weighted by molar-refractivity contribution is -0.134. The van der Waals surface area contributed by atoms with Gasteiger partial charge in [-0.05, 0) is 45.4 Å². The van der Waals surface area contributed by atoms with Gasteiger partial charge in [0.05, 0.1) is 6.54 Å². The number of carbonyl (C=O) groups is 2. The van der Waals surface area contributed by atoms with E-state index in [4.69, 9.17) is 0 Å². The van der Waals surface area contributed by atoms with Crippen LogP contribution in [0.1, 0.15) is 83.7 Å². The van der Waals surface area contributed by atoms with Crippen molar-refractivity contribution in [1.29, 1.82) is 0 Å². The van der Waals surface area contributed by atoms with E-state index in [0.717, 1.165) is 11.4 Å². The third-order valence-electron chi connectivity index (χ3n) is 3.94. The van der Waals surface area contributed by atoms with Crippen LogP contribution in [0.25, 0.3) is 0 Å². The van der Waals surface area contributed by atoms with Gasteiger partial charge in [0, 0.05) is 23.9 Å². The van der Waals surface area contributed by atoms with E-state index < -0.39 is 0 Å². The predicted molar refractivity (Wildman–Crippen MR) is 108 cm³/mol. The maximum absolute atomic E-state index is 12.8. The van der Waals surface area contributed by atoms with E-state index in [-0.39, 0.29) is 29.3 Å². The molecule has 0 aliphatic carbocycles. The number of hydrogen-bond donors (Lipinski definition) is 1. The summed E-state index contributed by atoms with van der Waals surface area (Å²) in [5, 5.41) is 5.40. The lowest BCUT2D eigenvalue weighted by atomic mass is 9.84. The van der Waals surface area contributed by atoms with Crippen molar-refractivity contribution in [2.75, 3.05) is 0 Å². The summed E-state index contributed by atoms with van der Waals surface area (Å²) in [6.07, 6.45) is 1.56. The molecule has 6 heteroatoms. The molecule has 5 nitrogen and oxygen atoms in total. The molecular weight excluding hydrogens is 346 g/mol. The number of hydrogen-bond acceptors (Lipinski definition) is 4. The van der Waals surface area contributed by atoms with Crippen LogP contribution in [-0.4, -0.2) is 33.8 Å². The van der Waals surface area contributed by atoms with Crippen molar-refractivity contribution < 1.29 is 9.59 Å². The molecule has 1 N–H and O–H groups in total. The van der Waals surface area contributed by atoms with E-state index in [2.05, 4.69) is 38.0 Å². The van der Waals surface area contributed by atoms with E-state index in [9.17, 15) is 9.59 Å². The zero-order chi connectivity index (χ0) is 20.1. The molecule has 0 spiro atoms. The summed E-state index contributed by atoms with van der Waals surface area (Å²) >= 11 is 1.43. The number of rotatable bonds is 8. The van der Waals surface area contributed by atoms with Crippen LogP contribution >= 0.6 is 11.3 Å². The van der Waals surface area contributed by atoms with Gasteiger partial charge in [-0.2, -0.15) is 0 Å². The molecule has 26 heavy (non-hydrogen) atoms. The second-order valence-corrected chi connectivity index (χ2v) is 9.89. The number of aromatic nitrogens is 1. The molecule has 0 aromatic carbocycles. The standard InChI is InChI=1S/C20H35N3O2S/c1-13(2)21-19(25)16-12-26-17(22-16)11-23(14(3)4)18(24)9-15(5)10-20(6,7)8/h12-15H,9-11H2,1-8H3,(H,21,25)/t15-/m0/s1. The molecule has 2 amide bonds. The average Bonchev–Trinajstić information content (AvgIpc) is 2.89. The van der Waals surface area contributed by atoms with Gasteiger partial charge >= 0.3 is 0 Å². The van der Waals surface area contributed by atoms with Gasteiger partial charge in [0.2, 0.25) is 5.91 Å². The van der Waals surface area contributed by atoms with Gasteiger partial charge in [-0.3, -0.25) is 9.59 Å². The molecule has 1 heterocycles. The van der Waals surface area contributed by atoms with Gasteiger partial charge in [0.15, 0.2) is 0 Å². The predicted octanol–water partition coefficient (Wildman–Crippen LogP) is 4.48. The van der Waals surface area contributed by atoms with Crippen LogP contribution in [0.15, 0.2) is 5.38 Å². The highest BCUT2D eigenvalue weighted by atomic mass is 32.1. The van der Waals surface area contributed by atoms with Crippen LogP contribution in [0.5, 0.6) is 0 Å². The second kappa shape index (κ2) is 9.49. The smallest absolute Gasteiger partial charge is 0.270 e. The Labute approximate surface area is 162 Å². The molecule has 0 aliphatic heterocycles. The Balaban J connectivity index is 2.75. The summed E-state index contributed by atoms with van der Waals surface area (Å²) in [6, 6.07) is 0.173. The van der Waals surface area contributed by atoms with Crippen LogP contribution in [0.4, 0.5) is 0 Å². The highest BCUT2D eigenvalue weighted by Crippen LogP contribution is 2.27. The fraction of sp³-hybridized carbons (Fsp3) is 0.750. The number of nitrogens with zero attached hydrogens (tertiary/aromatic N) is 2. The highest BCUT2D eigenvalue weighted by molar-refractivity contribution is 7.09. The summed E-state index contributed by atoms with van der Waals surface area (Å²) in [5.74, 6) is 0.330. The molecule has 0 aliphatic rings. The van der Waals surface area contributed by atoms with Gasteiger partial charge in [-0.25, -0.2) is 4.98 Å². The molecule has 0 saturated heterocycles. The summed E-state index contributed by atoms with van der Waals surface area (Å²) < 4.78 is 0. The molecule has 148 valence electrons. The summed E-state index contributed by atoms with van der Waals surface area (Å²) in [7, 11) is 0. The fourth-order valence-corrected chi connectivity index (χ4v) is 3.83. The number of carbonyl (C=O) groups excluding carboxylic acids is 2. The molecule has 0 radical (unpaired) electrons. The number of amides is 2. The van der Waals surface area contributed by atoms with Crippen LogP contribution in [0.3, 0.4) is 0 Å². The molecule has 1 rings (SSSR count). The first-order chi connectivity index (χ1) is 11.9. The van der Waals surface area contributed by atoms with Crippen molar-refractivity contribution in [2.45, 2.75) is 86.9 Å². The average molecular weight is 382 g/mol. The molecule has 0 bridgehead atoms. The molecule has 1 aromatic heterocycles. The number of nitrogens with one attached hydrogen (secondary N) is 1. The lowest BCUT2D eigenvalue weighted by Gasteiger charge is -2.29. The third kappa shape index (κ3) is 7.85. The van der Waals surface area contributed by atoms with Crippen molar-refractivity contribution in [2.24, 2.45) is 11.3 Å². The van der Waals surface area contributed by atoms with Crippen LogP contribution in [0.2, 0.25) is 0 Å². The minimum absolute atomic E-state index is 0.0747. The van der Waals surface area contributed by atoms with Crippen molar-refractivity contribution in [3.63, 3.8) is 0 Å². The van der Waals surface area contributed by atoms with Gasteiger partial charge < -0.3 is 10.2 Å². The maximum Gasteiger partial charge on any atom is 0.270 e. The molecule has 1 aromatic rings. The summed E-state index contributed by atoms with van der Waals surface area (Å²) in [6.45, 7) is 17.1. The van der Waals surface area contributed by atoms with Crippen LogP contribution < -0.4 is 5.32 Å². The van der Waals surface area contributed by atoms with E-state index >= 15 is 0 Å². The van der Waals surface area contributed by atoms with Crippen molar-refractivity contribution >= 4 is 23.2 Å². The quantitative estimate of drug-likeness (QED) is 0.722. The lowest BCUT2D eigenvalue weighted by Crippen LogP contribution is -2.37. The maximum atomic E-state index is 12.8. The Morgan fingerprint density at radius 3 is 2.31 bits per heavy atom. The van der Waals surface area contributed by atoms with E-state index in [0.29, 0.717) is 24.6 Å². The fourth-order valence-electron chi connectivity index (χ4n) is 3.06. The van der Waals surface area contributed by atoms with E-state index in [1.54, 1.807) is 5.38 Å². The van der Waals surface area contributed by atoms with Crippen molar-refractivity contribution in [1.82, 2.24) is 15.2 Å². The van der Waals surface area contributed by atoms with Gasteiger partial charge in [-0.15, -0.1) is 11.3 Å². The van der Waals surface area contributed by atoms with Crippen molar-refractivity contribution in [3.05, 3.63) is 16.1 Å². The Hall–Kier alpha value is -1.43. The monoisotopic (exact) mass is 381 g/mol. The normalized spacial score (nSPS) is 13.2. The molecule has 1 atom stereocenters. The van der Waals surface area contributed by atoms with Gasteiger partial charge in [0.25, 0.3) is 5.91 Å². The number of thiazole rings is 1. The van der Waals surface area contributed by atoms with Crippen LogP contribution in [-0.2, 0) is 11.3 Å². The van der Waals surface area contributed by atoms with Crippen molar-refractivity contribution in [3.8, 4) is 0 Å². The zero-order valence-corrected chi connectivity index (χ0v) is 18.4. The first-order valence-electron chi connectivity index (χ1n) is 9.43. The molecule has 0 saturated carbocycles. The summed E-state index contributed by atoms with van der Waals surface area (Å²) in [5.41, 5.74) is 0.645. The van der Waals surface area contributed by atoms with Gasteiger partial charge in [-0.1, -0.05) is 27.7 Å². The largest absolute Gasteiger partial charge is 0.349 e. The zero-order valence-electron chi connectivity index (χ0n) is 17.5. The minimum Gasteiger partial charge on any atom is -0.349 e. The highest BCUT2D eigenvalue weighted by Gasteiger charge is 2.24. The Kier molecular flexibility index (Phi) is 8.25. The first-order valence-corrected chi connectivity index (χ1v) is 10.3. The second-order valence-electron chi connectivity index (χ2n) is 8.94. The Morgan fingerprint density at radius 2 is 1.81 bits per heavy atom. The molecular formula is C20H35N3O2S. The van der Waals surface area contributed by atoms with E-state index in [1.807, 2.05) is 32.6 Å². The Bertz CT molecular complexity index is 602. The van der Waals surface area contributed by atoms with Crippen LogP contribution in [0, 0.1) is 11.3 Å². The summed E-state index contributed by atoms with van der Waals surface area (Å²) in [4.78, 5) is 31.1. The minimum atomic E-state index is -0.163. The van der Waals surface area contributed by atoms with Gasteiger partial charge in [0.1, 0.15) is 10.7 Å². The third-order valence-corrected chi connectivity index (χ3v) is 4.77. The Morgan fingerprint density at radius 1 is 1.19 bits per heavy atom. The topological polar surface area (TPSA) is 62.3 Å². The SMILES string of the molecule is CC(C)NC(=O)c1csc(CN(C(=O)C[C@H](C)CC(C)(C)C)C(C)C)n1. The first kappa shape index (κ1) is 22.6.